The second-order valence-electron chi connectivity index (χ2n) is 4.37. The van der Waals surface area contributed by atoms with Crippen LogP contribution >= 0.6 is 0 Å². The molecular weight excluding hydrogens is 254 g/mol. The van der Waals surface area contributed by atoms with Gasteiger partial charge in [-0.3, -0.25) is 4.79 Å². The van der Waals surface area contributed by atoms with Crippen LogP contribution < -0.4 is 11.4 Å². The number of para-hydroxylation sites is 1. The van der Waals surface area contributed by atoms with Crippen molar-refractivity contribution in [1.82, 2.24) is 0 Å². The van der Waals surface area contributed by atoms with Crippen LogP contribution in [-0.2, 0) is 0 Å². The van der Waals surface area contributed by atoms with Crippen LogP contribution in [0.3, 0.4) is 0 Å². The first-order chi connectivity index (χ1) is 9.68. The van der Waals surface area contributed by atoms with E-state index in [1.54, 1.807) is 54.6 Å². The number of hydrogen-bond acceptors (Lipinski definition) is 4. The lowest BCUT2D eigenvalue weighted by atomic mass is 10.0. The lowest BCUT2D eigenvalue weighted by Gasteiger charge is -2.06. The minimum atomic E-state index is -0.713. The van der Waals surface area contributed by atoms with Gasteiger partial charge in [-0.2, -0.15) is 0 Å². The Morgan fingerprint density at radius 2 is 1.60 bits per heavy atom. The van der Waals surface area contributed by atoms with Crippen LogP contribution in [0, 0.1) is 0 Å². The first-order valence-corrected chi connectivity index (χ1v) is 6.09. The highest BCUT2D eigenvalue weighted by atomic mass is 16.4. The van der Waals surface area contributed by atoms with E-state index in [9.17, 15) is 9.59 Å². The SMILES string of the molecule is Nc1c(C(=O)c2ccccc2)c(=O)oc2ccccc12. The topological polar surface area (TPSA) is 73.3 Å². The molecule has 0 radical (unpaired) electrons. The van der Waals surface area contributed by atoms with E-state index in [1.165, 1.54) is 0 Å². The standard InChI is InChI=1S/C16H11NO3/c17-14-11-8-4-5-9-12(11)20-16(19)13(14)15(18)10-6-2-1-3-7-10/h1-9H,17H2. The molecule has 2 aromatic carbocycles. The highest BCUT2D eigenvalue weighted by Gasteiger charge is 2.20. The normalized spacial score (nSPS) is 10.6. The van der Waals surface area contributed by atoms with E-state index in [4.69, 9.17) is 10.2 Å². The number of nitrogen functional groups attached to an aromatic ring is 1. The third-order valence-electron chi connectivity index (χ3n) is 3.12. The summed E-state index contributed by atoms with van der Waals surface area (Å²) < 4.78 is 5.16. The number of carbonyl (C=O) groups excluding carboxylic acids is 1. The Hall–Kier alpha value is -2.88. The number of ketones is 1. The van der Waals surface area contributed by atoms with E-state index in [2.05, 4.69) is 0 Å². The molecule has 0 saturated heterocycles. The fraction of sp³-hybridized carbons (Fsp3) is 0. The predicted molar refractivity (Wildman–Crippen MR) is 76.8 cm³/mol. The molecule has 0 aliphatic carbocycles. The zero-order chi connectivity index (χ0) is 14.1. The van der Waals surface area contributed by atoms with E-state index in [1.807, 2.05) is 0 Å². The Kier molecular flexibility index (Phi) is 2.84. The highest BCUT2D eigenvalue weighted by Crippen LogP contribution is 2.23. The van der Waals surface area contributed by atoms with Gasteiger partial charge in [0.25, 0.3) is 0 Å². The van der Waals surface area contributed by atoms with E-state index >= 15 is 0 Å². The van der Waals surface area contributed by atoms with Crippen molar-refractivity contribution >= 4 is 22.4 Å². The summed E-state index contributed by atoms with van der Waals surface area (Å²) in [5.74, 6) is -0.428. The van der Waals surface area contributed by atoms with Crippen molar-refractivity contribution in [1.29, 1.82) is 0 Å². The molecule has 0 atom stereocenters. The molecule has 1 heterocycles. The van der Waals surface area contributed by atoms with Crippen molar-refractivity contribution < 1.29 is 9.21 Å². The van der Waals surface area contributed by atoms with Gasteiger partial charge in [0, 0.05) is 10.9 Å². The molecule has 3 aromatic rings. The van der Waals surface area contributed by atoms with Crippen LogP contribution in [0.2, 0.25) is 0 Å². The van der Waals surface area contributed by atoms with Crippen LogP contribution in [0.4, 0.5) is 5.69 Å². The Morgan fingerprint density at radius 1 is 0.950 bits per heavy atom. The number of fused-ring (bicyclic) bond motifs is 1. The van der Waals surface area contributed by atoms with Gasteiger partial charge in [0.05, 0.1) is 5.69 Å². The van der Waals surface area contributed by atoms with Crippen molar-refractivity contribution in [3.63, 3.8) is 0 Å². The average Bonchev–Trinajstić information content (AvgIpc) is 2.48. The molecule has 98 valence electrons. The Bertz CT molecular complexity index is 850. The van der Waals surface area contributed by atoms with Gasteiger partial charge in [-0.05, 0) is 12.1 Å². The first-order valence-electron chi connectivity index (χ1n) is 6.09. The highest BCUT2D eigenvalue weighted by molar-refractivity contribution is 6.14. The summed E-state index contributed by atoms with van der Waals surface area (Å²) in [5.41, 5.74) is 6.09. The van der Waals surface area contributed by atoms with Crippen LogP contribution in [0.25, 0.3) is 11.0 Å². The smallest absolute Gasteiger partial charge is 0.349 e. The number of anilines is 1. The van der Waals surface area contributed by atoms with Gasteiger partial charge in [0.1, 0.15) is 11.1 Å². The van der Waals surface area contributed by atoms with Crippen LogP contribution in [0.15, 0.2) is 63.8 Å². The average molecular weight is 265 g/mol. The number of hydrogen-bond donors (Lipinski definition) is 1. The van der Waals surface area contributed by atoms with E-state index in [0.29, 0.717) is 16.5 Å². The summed E-state index contributed by atoms with van der Waals surface area (Å²) in [4.78, 5) is 24.4. The van der Waals surface area contributed by atoms with Gasteiger partial charge in [-0.25, -0.2) is 4.79 Å². The van der Waals surface area contributed by atoms with Gasteiger partial charge in [-0.15, -0.1) is 0 Å². The molecule has 4 heteroatoms. The number of rotatable bonds is 2. The fourth-order valence-electron chi connectivity index (χ4n) is 2.12. The Morgan fingerprint density at radius 3 is 2.35 bits per heavy atom. The molecule has 0 saturated carbocycles. The molecule has 0 fully saturated rings. The minimum absolute atomic E-state index is 0.116. The van der Waals surface area contributed by atoms with Gasteiger partial charge >= 0.3 is 5.63 Å². The first kappa shape index (κ1) is 12.2. The Balaban J connectivity index is 2.27. The lowest BCUT2D eigenvalue weighted by molar-refractivity contribution is 0.103. The van der Waals surface area contributed by atoms with Crippen LogP contribution in [0.1, 0.15) is 15.9 Å². The third-order valence-corrected chi connectivity index (χ3v) is 3.12. The number of benzene rings is 2. The van der Waals surface area contributed by atoms with Gasteiger partial charge in [0.15, 0.2) is 0 Å². The molecule has 0 aliphatic rings. The van der Waals surface area contributed by atoms with Gasteiger partial charge in [0.2, 0.25) is 5.78 Å². The van der Waals surface area contributed by atoms with E-state index in [-0.39, 0.29) is 11.3 Å². The second kappa shape index (κ2) is 4.66. The monoisotopic (exact) mass is 265 g/mol. The van der Waals surface area contributed by atoms with E-state index < -0.39 is 11.4 Å². The quantitative estimate of drug-likeness (QED) is 0.571. The maximum atomic E-state index is 12.4. The van der Waals surface area contributed by atoms with Crippen LogP contribution in [-0.4, -0.2) is 5.78 Å². The summed E-state index contributed by atoms with van der Waals surface area (Å²) >= 11 is 0. The van der Waals surface area contributed by atoms with Crippen LogP contribution in [0.5, 0.6) is 0 Å². The van der Waals surface area contributed by atoms with Crippen molar-refractivity contribution in [2.24, 2.45) is 0 Å². The summed E-state index contributed by atoms with van der Waals surface area (Å²) in [5, 5.41) is 0.561. The maximum absolute atomic E-state index is 12.4. The number of nitrogens with two attached hydrogens (primary N) is 1. The van der Waals surface area contributed by atoms with Gasteiger partial charge < -0.3 is 10.2 Å². The molecule has 0 bridgehead atoms. The van der Waals surface area contributed by atoms with Crippen molar-refractivity contribution in [3.05, 3.63) is 76.1 Å². The molecular formula is C16H11NO3. The summed E-state index contributed by atoms with van der Waals surface area (Å²) in [6.07, 6.45) is 0. The summed E-state index contributed by atoms with van der Waals surface area (Å²) in [6.45, 7) is 0. The minimum Gasteiger partial charge on any atom is -0.422 e. The molecule has 1 aromatic heterocycles. The predicted octanol–water partition coefficient (Wildman–Crippen LogP) is 2.61. The zero-order valence-corrected chi connectivity index (χ0v) is 10.5. The van der Waals surface area contributed by atoms with Crippen molar-refractivity contribution in [3.8, 4) is 0 Å². The largest absolute Gasteiger partial charge is 0.422 e. The molecule has 0 aliphatic heterocycles. The molecule has 3 rings (SSSR count). The maximum Gasteiger partial charge on any atom is 0.349 e. The fourth-order valence-corrected chi connectivity index (χ4v) is 2.12. The Labute approximate surface area is 114 Å². The third kappa shape index (κ3) is 1.87. The molecule has 2 N–H and O–H groups in total. The van der Waals surface area contributed by atoms with E-state index in [0.717, 1.165) is 0 Å². The molecule has 4 nitrogen and oxygen atoms in total. The summed E-state index contributed by atoms with van der Waals surface area (Å²) in [7, 11) is 0. The molecule has 20 heavy (non-hydrogen) atoms. The summed E-state index contributed by atoms with van der Waals surface area (Å²) in [6, 6.07) is 15.4. The van der Waals surface area contributed by atoms with Gasteiger partial charge in [-0.1, -0.05) is 42.5 Å². The molecule has 0 amide bonds. The molecule has 0 spiro atoms. The lowest BCUT2D eigenvalue weighted by Crippen LogP contribution is -2.18. The van der Waals surface area contributed by atoms with Crippen molar-refractivity contribution in [2.45, 2.75) is 0 Å². The molecule has 0 unspecified atom stereocenters. The number of carbonyl (C=O) groups is 1. The zero-order valence-electron chi connectivity index (χ0n) is 10.5. The van der Waals surface area contributed by atoms with Crippen molar-refractivity contribution in [2.75, 3.05) is 5.73 Å². The second-order valence-corrected chi connectivity index (χ2v) is 4.37.